The van der Waals surface area contributed by atoms with Gasteiger partial charge in [-0.25, -0.2) is 0 Å². The second-order valence-electron chi connectivity index (χ2n) is 5.18. The van der Waals surface area contributed by atoms with Crippen LogP contribution in [0.4, 0.5) is 5.69 Å². The molecule has 0 fully saturated rings. The maximum absolute atomic E-state index is 12.3. The van der Waals surface area contributed by atoms with E-state index < -0.39 is 5.91 Å². The molecule has 0 aliphatic rings. The number of rotatable bonds is 7. The maximum Gasteiger partial charge on any atom is 0.274 e. The summed E-state index contributed by atoms with van der Waals surface area (Å²) < 4.78 is 4.92. The molecular formula is C18H18N4O3. The van der Waals surface area contributed by atoms with E-state index in [4.69, 9.17) is 10.00 Å². The van der Waals surface area contributed by atoms with Crippen molar-refractivity contribution in [1.82, 2.24) is 10.3 Å². The second kappa shape index (κ2) is 9.15. The van der Waals surface area contributed by atoms with Crippen LogP contribution >= 0.6 is 0 Å². The molecule has 0 aliphatic carbocycles. The normalized spacial score (nSPS) is 9.92. The van der Waals surface area contributed by atoms with E-state index in [1.54, 1.807) is 37.4 Å². The Morgan fingerprint density at radius 1 is 1.24 bits per heavy atom. The number of methoxy groups -OCH3 is 1. The van der Waals surface area contributed by atoms with E-state index in [0.29, 0.717) is 36.4 Å². The number of pyridine rings is 1. The van der Waals surface area contributed by atoms with Gasteiger partial charge < -0.3 is 15.4 Å². The molecule has 0 unspecified atom stereocenters. The summed E-state index contributed by atoms with van der Waals surface area (Å²) in [4.78, 5) is 28.4. The average Bonchev–Trinajstić information content (AvgIpc) is 2.65. The van der Waals surface area contributed by atoms with Crippen molar-refractivity contribution in [2.75, 3.05) is 25.6 Å². The van der Waals surface area contributed by atoms with Gasteiger partial charge >= 0.3 is 0 Å². The molecule has 0 saturated carbocycles. The highest BCUT2D eigenvalue weighted by molar-refractivity contribution is 6.04. The zero-order valence-electron chi connectivity index (χ0n) is 13.8. The number of hydrogen-bond donors (Lipinski definition) is 2. The van der Waals surface area contributed by atoms with Crippen LogP contribution in [0.1, 0.15) is 32.8 Å². The van der Waals surface area contributed by atoms with Gasteiger partial charge in [0, 0.05) is 37.7 Å². The molecule has 2 amide bonds. The van der Waals surface area contributed by atoms with E-state index in [0.717, 1.165) is 0 Å². The number of carbonyl (C=O) groups is 2. The third-order valence-corrected chi connectivity index (χ3v) is 3.32. The van der Waals surface area contributed by atoms with Crippen molar-refractivity contribution >= 4 is 17.5 Å². The first-order valence-corrected chi connectivity index (χ1v) is 7.68. The largest absolute Gasteiger partial charge is 0.385 e. The number of amides is 2. The Balaban J connectivity index is 2.03. The minimum absolute atomic E-state index is 0.118. The van der Waals surface area contributed by atoms with Crippen molar-refractivity contribution in [1.29, 1.82) is 5.26 Å². The molecule has 128 valence electrons. The summed E-state index contributed by atoms with van der Waals surface area (Å²) in [6.07, 6.45) is 2.11. The average molecular weight is 338 g/mol. The molecule has 0 spiro atoms. The zero-order chi connectivity index (χ0) is 18.1. The van der Waals surface area contributed by atoms with Crippen molar-refractivity contribution in [2.45, 2.75) is 6.42 Å². The van der Waals surface area contributed by atoms with Gasteiger partial charge in [0.15, 0.2) is 0 Å². The minimum atomic E-state index is -0.455. The fourth-order valence-corrected chi connectivity index (χ4v) is 2.08. The maximum atomic E-state index is 12.3. The van der Waals surface area contributed by atoms with Crippen molar-refractivity contribution in [3.63, 3.8) is 0 Å². The topological polar surface area (TPSA) is 104 Å². The lowest BCUT2D eigenvalue weighted by Gasteiger charge is -2.07. The van der Waals surface area contributed by atoms with Crippen LogP contribution in [-0.4, -0.2) is 37.1 Å². The monoisotopic (exact) mass is 338 g/mol. The first-order chi connectivity index (χ1) is 12.1. The van der Waals surface area contributed by atoms with Gasteiger partial charge in [0.25, 0.3) is 11.8 Å². The molecule has 0 aliphatic heterocycles. The van der Waals surface area contributed by atoms with E-state index in [-0.39, 0.29) is 11.6 Å². The van der Waals surface area contributed by atoms with Crippen LogP contribution in [0.15, 0.2) is 42.6 Å². The number of anilines is 1. The van der Waals surface area contributed by atoms with Crippen molar-refractivity contribution in [3.8, 4) is 6.07 Å². The standard InChI is InChI=1S/C18H18N4O3/c1-25-9-3-7-21-17(23)14-6-8-20-16(11-14)18(24)22-15-5-2-4-13(10-15)12-19/h2,4-6,8,10-11H,3,7,9H2,1H3,(H,21,23)(H,22,24). The van der Waals surface area contributed by atoms with Gasteiger partial charge in [-0.05, 0) is 36.8 Å². The van der Waals surface area contributed by atoms with E-state index in [1.165, 1.54) is 12.3 Å². The number of benzene rings is 1. The smallest absolute Gasteiger partial charge is 0.274 e. The van der Waals surface area contributed by atoms with Crippen LogP contribution in [0, 0.1) is 11.3 Å². The van der Waals surface area contributed by atoms with Crippen LogP contribution in [0.3, 0.4) is 0 Å². The molecule has 0 bridgehead atoms. The lowest BCUT2D eigenvalue weighted by molar-refractivity contribution is 0.0948. The number of ether oxygens (including phenoxy) is 1. The van der Waals surface area contributed by atoms with E-state index >= 15 is 0 Å². The molecular weight excluding hydrogens is 320 g/mol. The first-order valence-electron chi connectivity index (χ1n) is 7.68. The van der Waals surface area contributed by atoms with Gasteiger partial charge in [-0.1, -0.05) is 6.07 Å². The number of nitrogens with zero attached hydrogens (tertiary/aromatic N) is 2. The Morgan fingerprint density at radius 2 is 2.08 bits per heavy atom. The lowest BCUT2D eigenvalue weighted by Crippen LogP contribution is -2.25. The fraction of sp³-hybridized carbons (Fsp3) is 0.222. The van der Waals surface area contributed by atoms with Crippen LogP contribution in [0.5, 0.6) is 0 Å². The zero-order valence-corrected chi connectivity index (χ0v) is 13.8. The summed E-state index contributed by atoms with van der Waals surface area (Å²) >= 11 is 0. The summed E-state index contributed by atoms with van der Waals surface area (Å²) in [6, 6.07) is 11.5. The third-order valence-electron chi connectivity index (χ3n) is 3.32. The molecule has 0 atom stereocenters. The van der Waals surface area contributed by atoms with Gasteiger partial charge in [0.2, 0.25) is 0 Å². The van der Waals surface area contributed by atoms with Crippen LogP contribution in [0.2, 0.25) is 0 Å². The van der Waals surface area contributed by atoms with Crippen LogP contribution in [-0.2, 0) is 4.74 Å². The Hall–Kier alpha value is -3.24. The quantitative estimate of drug-likeness (QED) is 0.751. The molecule has 0 saturated heterocycles. The summed E-state index contributed by atoms with van der Waals surface area (Å²) in [5.74, 6) is -0.733. The molecule has 7 heteroatoms. The third kappa shape index (κ3) is 5.41. The molecule has 1 aromatic heterocycles. The molecule has 0 radical (unpaired) electrons. The van der Waals surface area contributed by atoms with Gasteiger partial charge in [0.05, 0.1) is 11.6 Å². The predicted octanol–water partition coefficient (Wildman–Crippen LogP) is 1.97. The number of carbonyl (C=O) groups excluding carboxylic acids is 2. The number of hydrogen-bond acceptors (Lipinski definition) is 5. The molecule has 2 aromatic rings. The number of aromatic nitrogens is 1. The molecule has 2 rings (SSSR count). The molecule has 7 nitrogen and oxygen atoms in total. The summed E-state index contributed by atoms with van der Waals surface area (Å²) in [5, 5.41) is 14.3. The Labute approximate surface area is 145 Å². The highest BCUT2D eigenvalue weighted by atomic mass is 16.5. The highest BCUT2D eigenvalue weighted by Crippen LogP contribution is 2.11. The lowest BCUT2D eigenvalue weighted by atomic mass is 10.2. The fourth-order valence-electron chi connectivity index (χ4n) is 2.08. The molecule has 1 heterocycles. The van der Waals surface area contributed by atoms with Crippen molar-refractivity contribution in [3.05, 3.63) is 59.4 Å². The summed E-state index contributed by atoms with van der Waals surface area (Å²) in [7, 11) is 1.60. The van der Waals surface area contributed by atoms with Crippen LogP contribution < -0.4 is 10.6 Å². The SMILES string of the molecule is COCCCNC(=O)c1ccnc(C(=O)Nc2cccc(C#N)c2)c1. The predicted molar refractivity (Wildman–Crippen MR) is 92.2 cm³/mol. The second-order valence-corrected chi connectivity index (χ2v) is 5.18. The molecule has 1 aromatic carbocycles. The Bertz CT molecular complexity index is 799. The van der Waals surface area contributed by atoms with Gasteiger partial charge in [0.1, 0.15) is 5.69 Å². The number of nitrogens with one attached hydrogen (secondary N) is 2. The first kappa shape index (κ1) is 18.1. The van der Waals surface area contributed by atoms with Crippen molar-refractivity contribution < 1.29 is 14.3 Å². The van der Waals surface area contributed by atoms with Gasteiger partial charge in [-0.2, -0.15) is 5.26 Å². The van der Waals surface area contributed by atoms with E-state index in [2.05, 4.69) is 15.6 Å². The van der Waals surface area contributed by atoms with E-state index in [1.807, 2.05) is 6.07 Å². The Morgan fingerprint density at radius 3 is 2.84 bits per heavy atom. The Kier molecular flexibility index (Phi) is 6.63. The minimum Gasteiger partial charge on any atom is -0.385 e. The highest BCUT2D eigenvalue weighted by Gasteiger charge is 2.12. The number of nitriles is 1. The summed E-state index contributed by atoms with van der Waals surface area (Å²) in [5.41, 5.74) is 1.39. The van der Waals surface area contributed by atoms with Gasteiger partial charge in [-0.15, -0.1) is 0 Å². The van der Waals surface area contributed by atoms with Crippen molar-refractivity contribution in [2.24, 2.45) is 0 Å². The van der Waals surface area contributed by atoms with Crippen LogP contribution in [0.25, 0.3) is 0 Å². The molecule has 25 heavy (non-hydrogen) atoms. The molecule has 2 N–H and O–H groups in total. The van der Waals surface area contributed by atoms with Gasteiger partial charge in [-0.3, -0.25) is 14.6 Å². The van der Waals surface area contributed by atoms with E-state index in [9.17, 15) is 9.59 Å². The summed E-state index contributed by atoms with van der Waals surface area (Å²) in [6.45, 7) is 1.05.